The number of rotatable bonds is 7. The van der Waals surface area contributed by atoms with Crippen LogP contribution in [0.15, 0.2) is 24.3 Å². The Labute approximate surface area is 259 Å². The molecule has 0 bridgehead atoms. The van der Waals surface area contributed by atoms with Gasteiger partial charge in [0.1, 0.15) is 17.8 Å². The molecule has 1 aromatic carbocycles. The van der Waals surface area contributed by atoms with Gasteiger partial charge in [0.25, 0.3) is 5.92 Å². The van der Waals surface area contributed by atoms with Crippen molar-refractivity contribution >= 4 is 42.5 Å². The van der Waals surface area contributed by atoms with Gasteiger partial charge in [0, 0.05) is 43.5 Å². The fraction of sp³-hybridized carbons (Fsp3) is 0.700. The number of carbonyl (C=O) groups is 3. The van der Waals surface area contributed by atoms with Crippen LogP contribution in [0.1, 0.15) is 76.8 Å². The third kappa shape index (κ3) is 7.48. The molecule has 2 N–H and O–H groups in total. The second kappa shape index (κ2) is 14.5. The Morgan fingerprint density at radius 1 is 1.07 bits per heavy atom. The molecule has 8 nitrogen and oxygen atoms in total. The first kappa shape index (κ1) is 34.3. The van der Waals surface area contributed by atoms with E-state index in [1.807, 2.05) is 38.1 Å². The zero-order valence-electron chi connectivity index (χ0n) is 24.4. The lowest BCUT2D eigenvalue weighted by Gasteiger charge is -2.45. The van der Waals surface area contributed by atoms with Crippen molar-refractivity contribution in [1.82, 2.24) is 20.4 Å². The zero-order valence-corrected chi connectivity index (χ0v) is 26.0. The van der Waals surface area contributed by atoms with E-state index in [1.54, 1.807) is 4.90 Å². The number of alkyl halides is 2. The van der Waals surface area contributed by atoms with Crippen molar-refractivity contribution in [2.75, 3.05) is 26.2 Å². The van der Waals surface area contributed by atoms with Crippen LogP contribution in [0, 0.1) is 11.8 Å². The SMILES string of the molecule is CC[C@@H](C)C(=O)N[C@H](C(=O)N1C[C@H]2CC(F)(F)CN2C[C@H]1C(=O)N[C@@H]1CCOc2ccccc21)C1CCCCC1.Cl.Cl. The molecule has 4 aliphatic rings. The van der Waals surface area contributed by atoms with Crippen molar-refractivity contribution in [2.24, 2.45) is 11.8 Å². The van der Waals surface area contributed by atoms with Gasteiger partial charge >= 0.3 is 0 Å². The Kier molecular flexibility index (Phi) is 11.9. The smallest absolute Gasteiger partial charge is 0.262 e. The van der Waals surface area contributed by atoms with Crippen LogP contribution in [-0.4, -0.2) is 77.8 Å². The molecule has 3 fully saturated rings. The average Bonchev–Trinajstić information content (AvgIpc) is 3.27. The second-order valence-electron chi connectivity index (χ2n) is 12.1. The Hall–Kier alpha value is -2.17. The number of carbonyl (C=O) groups excluding carboxylic acids is 3. The Bertz CT molecular complexity index is 1110. The van der Waals surface area contributed by atoms with Crippen LogP contribution < -0.4 is 15.4 Å². The van der Waals surface area contributed by atoms with Gasteiger partial charge in [-0.2, -0.15) is 0 Å². The summed E-state index contributed by atoms with van der Waals surface area (Å²) < 4.78 is 34.7. The summed E-state index contributed by atoms with van der Waals surface area (Å²) in [6.45, 7) is 3.87. The van der Waals surface area contributed by atoms with E-state index in [0.717, 1.165) is 37.7 Å². The molecule has 12 heteroatoms. The molecule has 1 aromatic rings. The number of nitrogens with zero attached hydrogens (tertiary/aromatic N) is 2. The van der Waals surface area contributed by atoms with Crippen LogP contribution in [0.2, 0.25) is 0 Å². The standard InChI is InChI=1S/C30H42F2N4O4.2ClH/c1-3-19(2)27(37)34-26(20-9-5-4-6-10-20)29(39)36-16-21-15-30(31,32)18-35(21)17-24(36)28(38)33-23-13-14-40-25-12-8-7-11-22(23)25;;/h7-8,11-12,19-21,23-24,26H,3-6,9-10,13-18H2,1-2H3,(H,33,38)(H,34,37);2*1H/t19-,21-,23-,24+,26+;;/m1../s1. The molecule has 236 valence electrons. The zero-order chi connectivity index (χ0) is 28.4. The molecule has 3 amide bonds. The molecule has 5 rings (SSSR count). The van der Waals surface area contributed by atoms with Crippen LogP contribution in [0.25, 0.3) is 0 Å². The number of para-hydroxylation sites is 1. The normalized spacial score (nSPS) is 26.7. The molecule has 1 saturated carbocycles. The lowest BCUT2D eigenvalue weighted by Crippen LogP contribution is -2.66. The van der Waals surface area contributed by atoms with E-state index in [-0.39, 0.29) is 79.9 Å². The molecular formula is C30H44Cl2F2N4O4. The third-order valence-electron chi connectivity index (χ3n) is 9.28. The van der Waals surface area contributed by atoms with Gasteiger partial charge in [-0.15, -0.1) is 24.8 Å². The van der Waals surface area contributed by atoms with E-state index in [9.17, 15) is 23.2 Å². The summed E-state index contributed by atoms with van der Waals surface area (Å²) in [6.07, 6.45) is 5.54. The number of hydrogen-bond donors (Lipinski definition) is 2. The predicted molar refractivity (Wildman–Crippen MR) is 160 cm³/mol. The van der Waals surface area contributed by atoms with E-state index in [0.29, 0.717) is 25.2 Å². The molecule has 3 aliphatic heterocycles. The minimum atomic E-state index is -2.86. The third-order valence-corrected chi connectivity index (χ3v) is 9.28. The van der Waals surface area contributed by atoms with Gasteiger partial charge in [0.2, 0.25) is 17.7 Å². The summed E-state index contributed by atoms with van der Waals surface area (Å²) in [5.74, 6) is -3.32. The molecule has 0 unspecified atom stereocenters. The highest BCUT2D eigenvalue weighted by Crippen LogP contribution is 2.37. The summed E-state index contributed by atoms with van der Waals surface area (Å²) in [5, 5.41) is 6.13. The second-order valence-corrected chi connectivity index (χ2v) is 12.1. The number of halogens is 4. The minimum absolute atomic E-state index is 0. The van der Waals surface area contributed by atoms with Crippen molar-refractivity contribution in [3.8, 4) is 5.75 Å². The van der Waals surface area contributed by atoms with E-state index in [1.165, 1.54) is 4.90 Å². The number of fused-ring (bicyclic) bond motifs is 2. The van der Waals surface area contributed by atoms with E-state index < -0.39 is 30.6 Å². The van der Waals surface area contributed by atoms with Gasteiger partial charge < -0.3 is 20.3 Å². The first-order valence-corrected chi connectivity index (χ1v) is 14.9. The van der Waals surface area contributed by atoms with Crippen molar-refractivity contribution in [2.45, 2.75) is 95.3 Å². The van der Waals surface area contributed by atoms with Gasteiger partial charge in [-0.05, 0) is 31.2 Å². The summed E-state index contributed by atoms with van der Waals surface area (Å²) in [4.78, 5) is 44.3. The van der Waals surface area contributed by atoms with E-state index in [2.05, 4.69) is 10.6 Å². The average molecular weight is 634 g/mol. The summed E-state index contributed by atoms with van der Waals surface area (Å²) in [5.41, 5.74) is 0.863. The van der Waals surface area contributed by atoms with Gasteiger partial charge in [-0.1, -0.05) is 51.3 Å². The maximum atomic E-state index is 14.5. The van der Waals surface area contributed by atoms with E-state index in [4.69, 9.17) is 4.74 Å². The highest BCUT2D eigenvalue weighted by molar-refractivity contribution is 5.93. The van der Waals surface area contributed by atoms with Crippen LogP contribution in [0.4, 0.5) is 8.78 Å². The topological polar surface area (TPSA) is 91.0 Å². The lowest BCUT2D eigenvalue weighted by atomic mass is 9.82. The van der Waals surface area contributed by atoms with Crippen molar-refractivity contribution in [1.29, 1.82) is 0 Å². The molecule has 0 radical (unpaired) electrons. The van der Waals surface area contributed by atoms with E-state index >= 15 is 0 Å². The Morgan fingerprint density at radius 3 is 2.50 bits per heavy atom. The predicted octanol–water partition coefficient (Wildman–Crippen LogP) is 4.50. The van der Waals surface area contributed by atoms with Crippen LogP contribution in [-0.2, 0) is 14.4 Å². The number of ether oxygens (including phenoxy) is 1. The van der Waals surface area contributed by atoms with Gasteiger partial charge in [-0.3, -0.25) is 19.3 Å². The molecular weight excluding hydrogens is 589 g/mol. The van der Waals surface area contributed by atoms with Crippen LogP contribution in [0.3, 0.4) is 0 Å². The molecule has 0 aromatic heterocycles. The Balaban J connectivity index is 0.00000242. The highest BCUT2D eigenvalue weighted by atomic mass is 35.5. The number of amides is 3. The monoisotopic (exact) mass is 632 g/mol. The summed E-state index contributed by atoms with van der Waals surface area (Å²) >= 11 is 0. The molecule has 3 heterocycles. The first-order chi connectivity index (χ1) is 19.2. The lowest BCUT2D eigenvalue weighted by molar-refractivity contribution is -0.150. The first-order valence-electron chi connectivity index (χ1n) is 14.9. The molecule has 42 heavy (non-hydrogen) atoms. The number of benzene rings is 1. The number of nitrogens with one attached hydrogen (secondary N) is 2. The fourth-order valence-electron chi connectivity index (χ4n) is 6.77. The van der Waals surface area contributed by atoms with Crippen molar-refractivity contribution in [3.05, 3.63) is 29.8 Å². The minimum Gasteiger partial charge on any atom is -0.493 e. The number of piperazine rings is 1. The van der Waals surface area contributed by atoms with Crippen molar-refractivity contribution in [3.63, 3.8) is 0 Å². The highest BCUT2D eigenvalue weighted by Gasteiger charge is 2.52. The maximum absolute atomic E-state index is 14.5. The van der Waals surface area contributed by atoms with Crippen LogP contribution >= 0.6 is 24.8 Å². The van der Waals surface area contributed by atoms with Crippen LogP contribution in [0.5, 0.6) is 5.75 Å². The van der Waals surface area contributed by atoms with Gasteiger partial charge in [-0.25, -0.2) is 8.78 Å². The number of hydrogen-bond acceptors (Lipinski definition) is 5. The molecule has 0 spiro atoms. The van der Waals surface area contributed by atoms with Gasteiger partial charge in [0.05, 0.1) is 19.2 Å². The maximum Gasteiger partial charge on any atom is 0.262 e. The fourth-order valence-corrected chi connectivity index (χ4v) is 6.77. The molecule has 2 saturated heterocycles. The molecule has 5 atom stereocenters. The summed E-state index contributed by atoms with van der Waals surface area (Å²) in [6, 6.07) is 5.00. The quantitative estimate of drug-likeness (QED) is 0.462. The summed E-state index contributed by atoms with van der Waals surface area (Å²) in [7, 11) is 0. The van der Waals surface area contributed by atoms with Gasteiger partial charge in [0.15, 0.2) is 0 Å². The Morgan fingerprint density at radius 2 is 1.79 bits per heavy atom. The van der Waals surface area contributed by atoms with Crippen molar-refractivity contribution < 1.29 is 27.9 Å². The largest absolute Gasteiger partial charge is 0.493 e. The molecule has 1 aliphatic carbocycles.